The molecule has 4 heteroatoms. The summed E-state index contributed by atoms with van der Waals surface area (Å²) < 4.78 is 2.59. The molecule has 0 saturated heterocycles. The molecule has 0 spiro atoms. The average molecular weight is 280 g/mol. The summed E-state index contributed by atoms with van der Waals surface area (Å²) in [7, 11) is 0. The Kier molecular flexibility index (Phi) is 2.29. The number of hydrogen-bond acceptors (Lipinski definition) is 2. The molecule has 0 bridgehead atoms. The van der Waals surface area contributed by atoms with Crippen LogP contribution in [0.3, 0.4) is 0 Å². The average Bonchev–Trinajstić information content (AvgIpc) is 2.91. The molecule has 0 aromatic carbocycles. The third-order valence-corrected chi connectivity index (χ3v) is 5.35. The Morgan fingerprint density at radius 1 is 1.24 bits per heavy atom. The summed E-state index contributed by atoms with van der Waals surface area (Å²) in [5, 5.41) is 1.23. The molecule has 108 valence electrons. The van der Waals surface area contributed by atoms with Crippen molar-refractivity contribution >= 4 is 22.1 Å². The molecule has 2 aliphatic rings. The molecule has 2 atom stereocenters. The van der Waals surface area contributed by atoms with Gasteiger partial charge in [-0.25, -0.2) is 9.97 Å². The SMILES string of the molecule is CC1CCCC1n1c(C2CC2)nc2cnc3[nH]ccc3c21. The number of hydrogen-bond donors (Lipinski definition) is 1. The van der Waals surface area contributed by atoms with Crippen LogP contribution in [0.25, 0.3) is 22.1 Å². The van der Waals surface area contributed by atoms with E-state index in [4.69, 9.17) is 4.98 Å². The van der Waals surface area contributed by atoms with Crippen molar-refractivity contribution < 1.29 is 0 Å². The van der Waals surface area contributed by atoms with Gasteiger partial charge in [0.1, 0.15) is 17.0 Å². The topological polar surface area (TPSA) is 46.5 Å². The molecule has 0 radical (unpaired) electrons. The summed E-state index contributed by atoms with van der Waals surface area (Å²) in [6, 6.07) is 2.77. The minimum atomic E-state index is 0.617. The number of aromatic nitrogens is 4. The van der Waals surface area contributed by atoms with Crippen molar-refractivity contribution in [1.29, 1.82) is 0 Å². The highest BCUT2D eigenvalue weighted by Crippen LogP contribution is 2.46. The van der Waals surface area contributed by atoms with Gasteiger partial charge in [-0.2, -0.15) is 0 Å². The second-order valence-corrected chi connectivity index (χ2v) is 6.82. The van der Waals surface area contributed by atoms with Gasteiger partial charge in [-0.3, -0.25) is 0 Å². The summed E-state index contributed by atoms with van der Waals surface area (Å²) in [5.41, 5.74) is 3.36. The zero-order chi connectivity index (χ0) is 14.0. The molecular weight excluding hydrogens is 260 g/mol. The molecule has 3 aromatic heterocycles. The fourth-order valence-corrected chi connectivity index (χ4v) is 4.08. The first-order valence-electron chi connectivity index (χ1n) is 8.17. The Morgan fingerprint density at radius 3 is 2.90 bits per heavy atom. The quantitative estimate of drug-likeness (QED) is 0.766. The van der Waals surface area contributed by atoms with Crippen LogP contribution in [0.5, 0.6) is 0 Å². The first-order chi connectivity index (χ1) is 10.3. The van der Waals surface area contributed by atoms with Gasteiger partial charge in [-0.1, -0.05) is 13.3 Å². The maximum absolute atomic E-state index is 4.97. The maximum Gasteiger partial charge on any atom is 0.139 e. The fourth-order valence-electron chi connectivity index (χ4n) is 4.08. The van der Waals surface area contributed by atoms with E-state index in [-0.39, 0.29) is 0 Å². The normalized spacial score (nSPS) is 26.1. The van der Waals surface area contributed by atoms with E-state index in [1.807, 2.05) is 12.4 Å². The first kappa shape index (κ1) is 11.8. The number of fused-ring (bicyclic) bond motifs is 3. The lowest BCUT2D eigenvalue weighted by Gasteiger charge is -2.21. The summed E-state index contributed by atoms with van der Waals surface area (Å²) in [4.78, 5) is 12.7. The van der Waals surface area contributed by atoms with E-state index >= 15 is 0 Å². The molecule has 2 aliphatic carbocycles. The Bertz CT molecular complexity index is 824. The molecular formula is C17H20N4. The predicted molar refractivity (Wildman–Crippen MR) is 83.4 cm³/mol. The molecule has 0 amide bonds. The molecule has 1 N–H and O–H groups in total. The molecule has 3 heterocycles. The highest BCUT2D eigenvalue weighted by atomic mass is 15.1. The third-order valence-electron chi connectivity index (χ3n) is 5.35. The zero-order valence-corrected chi connectivity index (χ0v) is 12.3. The van der Waals surface area contributed by atoms with Gasteiger partial charge in [0.2, 0.25) is 0 Å². The zero-order valence-electron chi connectivity index (χ0n) is 12.3. The van der Waals surface area contributed by atoms with Gasteiger partial charge in [0.15, 0.2) is 0 Å². The summed E-state index contributed by atoms with van der Waals surface area (Å²) in [5.74, 6) is 2.75. The van der Waals surface area contributed by atoms with Gasteiger partial charge in [-0.15, -0.1) is 0 Å². The first-order valence-corrected chi connectivity index (χ1v) is 8.17. The van der Waals surface area contributed by atoms with Crippen LogP contribution in [-0.4, -0.2) is 19.5 Å². The number of imidazole rings is 1. The molecule has 5 rings (SSSR count). The van der Waals surface area contributed by atoms with Crippen LogP contribution in [0.15, 0.2) is 18.5 Å². The van der Waals surface area contributed by atoms with Crippen LogP contribution in [0.1, 0.15) is 56.8 Å². The minimum absolute atomic E-state index is 0.617. The molecule has 21 heavy (non-hydrogen) atoms. The lowest BCUT2D eigenvalue weighted by molar-refractivity contribution is 0.406. The van der Waals surface area contributed by atoms with Crippen molar-refractivity contribution in [1.82, 2.24) is 19.5 Å². The highest BCUT2D eigenvalue weighted by Gasteiger charge is 2.35. The van der Waals surface area contributed by atoms with E-state index in [0.29, 0.717) is 12.0 Å². The smallest absolute Gasteiger partial charge is 0.139 e. The molecule has 4 nitrogen and oxygen atoms in total. The van der Waals surface area contributed by atoms with Crippen molar-refractivity contribution in [3.05, 3.63) is 24.3 Å². The Hall–Kier alpha value is -1.84. The van der Waals surface area contributed by atoms with E-state index < -0.39 is 0 Å². The number of nitrogens with zero attached hydrogens (tertiary/aromatic N) is 3. The Morgan fingerprint density at radius 2 is 2.14 bits per heavy atom. The van der Waals surface area contributed by atoms with Crippen LogP contribution >= 0.6 is 0 Å². The number of H-pyrrole nitrogens is 1. The molecule has 2 fully saturated rings. The van der Waals surface area contributed by atoms with E-state index in [0.717, 1.165) is 17.1 Å². The molecule has 0 aliphatic heterocycles. The van der Waals surface area contributed by atoms with E-state index in [9.17, 15) is 0 Å². The van der Waals surface area contributed by atoms with Gasteiger partial charge in [0.25, 0.3) is 0 Å². The fraction of sp³-hybridized carbons (Fsp3) is 0.529. The number of nitrogens with one attached hydrogen (secondary N) is 1. The highest BCUT2D eigenvalue weighted by molar-refractivity contribution is 6.01. The maximum atomic E-state index is 4.97. The van der Waals surface area contributed by atoms with Crippen LogP contribution < -0.4 is 0 Å². The number of aromatic amines is 1. The van der Waals surface area contributed by atoms with Crippen LogP contribution in [-0.2, 0) is 0 Å². The third kappa shape index (κ3) is 1.62. The largest absolute Gasteiger partial charge is 0.346 e. The van der Waals surface area contributed by atoms with Gasteiger partial charge >= 0.3 is 0 Å². The lowest BCUT2D eigenvalue weighted by Crippen LogP contribution is -2.14. The summed E-state index contributed by atoms with van der Waals surface area (Å²) in [6.07, 6.45) is 10.5. The van der Waals surface area contributed by atoms with Gasteiger partial charge < -0.3 is 9.55 Å². The number of pyridine rings is 1. The van der Waals surface area contributed by atoms with E-state index in [2.05, 4.69) is 27.5 Å². The van der Waals surface area contributed by atoms with Gasteiger partial charge in [0.05, 0.1) is 11.7 Å². The summed E-state index contributed by atoms with van der Waals surface area (Å²) in [6.45, 7) is 2.40. The molecule has 2 unspecified atom stereocenters. The Balaban J connectivity index is 1.86. The van der Waals surface area contributed by atoms with Gasteiger partial charge in [0, 0.05) is 23.5 Å². The number of rotatable bonds is 2. The van der Waals surface area contributed by atoms with Crippen molar-refractivity contribution in [2.45, 2.75) is 51.0 Å². The Labute approximate surface area is 123 Å². The monoisotopic (exact) mass is 280 g/mol. The minimum Gasteiger partial charge on any atom is -0.346 e. The standard InChI is InChI=1S/C17H20N4/c1-10-3-2-4-14(10)21-15-12-7-8-18-16(12)19-9-13(15)20-17(21)11-5-6-11/h7-11,14H,2-6H2,1H3,(H,18,19). The summed E-state index contributed by atoms with van der Waals surface area (Å²) >= 11 is 0. The van der Waals surface area contributed by atoms with Gasteiger partial charge in [-0.05, 0) is 37.7 Å². The second kappa shape index (κ2) is 4.09. The van der Waals surface area contributed by atoms with E-state index in [1.54, 1.807) is 0 Å². The predicted octanol–water partition coefficient (Wildman–Crippen LogP) is 4.15. The van der Waals surface area contributed by atoms with E-state index in [1.165, 1.54) is 48.8 Å². The van der Waals surface area contributed by atoms with Crippen molar-refractivity contribution in [3.8, 4) is 0 Å². The second-order valence-electron chi connectivity index (χ2n) is 6.82. The van der Waals surface area contributed by atoms with Crippen LogP contribution in [0.4, 0.5) is 0 Å². The van der Waals surface area contributed by atoms with Crippen molar-refractivity contribution in [2.24, 2.45) is 5.92 Å². The van der Waals surface area contributed by atoms with Crippen LogP contribution in [0.2, 0.25) is 0 Å². The van der Waals surface area contributed by atoms with Crippen LogP contribution in [0, 0.1) is 5.92 Å². The molecule has 3 aromatic rings. The van der Waals surface area contributed by atoms with Crippen molar-refractivity contribution in [3.63, 3.8) is 0 Å². The van der Waals surface area contributed by atoms with Crippen molar-refractivity contribution in [2.75, 3.05) is 0 Å². The molecule has 2 saturated carbocycles. The lowest BCUT2D eigenvalue weighted by atomic mass is 10.1.